The quantitative estimate of drug-likeness (QED) is 0.309. The number of aromatic amines is 1. The van der Waals surface area contributed by atoms with Crippen molar-refractivity contribution in [1.82, 2.24) is 14.9 Å². The van der Waals surface area contributed by atoms with Gasteiger partial charge in [-0.2, -0.15) is 14.9 Å². The molecule has 26 heavy (non-hydrogen) atoms. The van der Waals surface area contributed by atoms with Gasteiger partial charge in [-0.3, -0.25) is 15.2 Å². The van der Waals surface area contributed by atoms with Crippen LogP contribution in [0.1, 0.15) is 38.1 Å². The van der Waals surface area contributed by atoms with Crippen LogP contribution in [0.5, 0.6) is 11.5 Å². The first kappa shape index (κ1) is 19.6. The van der Waals surface area contributed by atoms with E-state index in [1.807, 2.05) is 0 Å². The van der Waals surface area contributed by atoms with Gasteiger partial charge in [-0.25, -0.2) is 0 Å². The highest BCUT2D eigenvalue weighted by atomic mass is 32.1. The molecule has 140 valence electrons. The van der Waals surface area contributed by atoms with Crippen LogP contribution in [0.3, 0.4) is 0 Å². The zero-order valence-electron chi connectivity index (χ0n) is 14.9. The molecule has 0 amide bonds. The molecule has 0 aliphatic rings. The van der Waals surface area contributed by atoms with Gasteiger partial charge in [0.25, 0.3) is 0 Å². The Hall–Kier alpha value is -2.75. The molecule has 0 aliphatic heterocycles. The van der Waals surface area contributed by atoms with Crippen molar-refractivity contribution in [2.45, 2.75) is 33.1 Å². The summed E-state index contributed by atoms with van der Waals surface area (Å²) in [5, 5.41) is 22.5. The summed E-state index contributed by atoms with van der Waals surface area (Å²) < 4.78 is 12.5. The molecule has 10 heteroatoms. The molecular weight excluding hydrogens is 358 g/mol. The molecule has 0 aliphatic carbocycles. The highest BCUT2D eigenvalue weighted by molar-refractivity contribution is 7.71. The predicted molar refractivity (Wildman–Crippen MR) is 99.8 cm³/mol. The summed E-state index contributed by atoms with van der Waals surface area (Å²) in [6.45, 7) is 4.22. The highest BCUT2D eigenvalue weighted by Gasteiger charge is 2.21. The number of aromatic nitrogens is 3. The number of hydrogen-bond acceptors (Lipinski definition) is 7. The highest BCUT2D eigenvalue weighted by Crippen LogP contribution is 2.37. The fourth-order valence-corrected chi connectivity index (χ4v) is 2.55. The molecule has 9 nitrogen and oxygen atoms in total. The van der Waals surface area contributed by atoms with Crippen LogP contribution < -0.4 is 9.47 Å². The van der Waals surface area contributed by atoms with Crippen molar-refractivity contribution in [2.75, 3.05) is 13.7 Å². The van der Waals surface area contributed by atoms with Gasteiger partial charge < -0.3 is 9.47 Å². The van der Waals surface area contributed by atoms with E-state index in [0.717, 1.165) is 19.3 Å². The lowest BCUT2D eigenvalue weighted by Crippen LogP contribution is -2.02. The lowest BCUT2D eigenvalue weighted by Gasteiger charge is -2.10. The number of nitro groups is 1. The Morgan fingerprint density at radius 3 is 2.85 bits per heavy atom. The largest absolute Gasteiger partial charge is 0.490 e. The van der Waals surface area contributed by atoms with E-state index in [9.17, 15) is 10.1 Å². The van der Waals surface area contributed by atoms with Crippen molar-refractivity contribution >= 4 is 24.1 Å². The molecule has 2 rings (SSSR count). The third kappa shape index (κ3) is 4.45. The van der Waals surface area contributed by atoms with Gasteiger partial charge in [0.1, 0.15) is 0 Å². The van der Waals surface area contributed by atoms with Crippen LogP contribution in [0.25, 0.3) is 0 Å². The number of nitrogens with zero attached hydrogens (tertiary/aromatic N) is 4. The number of methoxy groups -OCH3 is 1. The topological polar surface area (TPSA) is 108 Å². The molecule has 2 aromatic rings. The second-order valence-electron chi connectivity index (χ2n) is 5.37. The molecule has 0 saturated heterocycles. The van der Waals surface area contributed by atoms with Crippen LogP contribution in [0, 0.1) is 14.9 Å². The van der Waals surface area contributed by atoms with Crippen molar-refractivity contribution in [3.8, 4) is 11.5 Å². The van der Waals surface area contributed by atoms with Crippen molar-refractivity contribution in [3.05, 3.63) is 38.4 Å². The molecule has 1 N–H and O–H groups in total. The third-order valence-electron chi connectivity index (χ3n) is 3.55. The van der Waals surface area contributed by atoms with Crippen LogP contribution in [0.15, 0.2) is 17.2 Å². The van der Waals surface area contributed by atoms with E-state index >= 15 is 0 Å². The minimum Gasteiger partial charge on any atom is -0.490 e. The summed E-state index contributed by atoms with van der Waals surface area (Å²) in [5.41, 5.74) is 0.299. The number of hydrogen-bond donors (Lipinski definition) is 1. The zero-order valence-corrected chi connectivity index (χ0v) is 15.7. The van der Waals surface area contributed by atoms with E-state index in [2.05, 4.69) is 22.2 Å². The van der Waals surface area contributed by atoms with E-state index in [1.54, 1.807) is 13.0 Å². The number of rotatable bonds is 9. The van der Waals surface area contributed by atoms with Gasteiger partial charge in [-0.1, -0.05) is 13.3 Å². The van der Waals surface area contributed by atoms with E-state index in [1.165, 1.54) is 24.1 Å². The summed E-state index contributed by atoms with van der Waals surface area (Å²) >= 11 is 5.19. The number of ether oxygens (including phenoxy) is 2. The lowest BCUT2D eigenvalue weighted by molar-refractivity contribution is -0.385. The smallest absolute Gasteiger partial charge is 0.315 e. The van der Waals surface area contributed by atoms with E-state index in [0.29, 0.717) is 22.8 Å². The van der Waals surface area contributed by atoms with Crippen molar-refractivity contribution < 1.29 is 14.4 Å². The molecule has 1 aromatic carbocycles. The summed E-state index contributed by atoms with van der Waals surface area (Å²) in [6, 6.07) is 3.01. The van der Waals surface area contributed by atoms with Gasteiger partial charge in [-0.05, 0) is 31.6 Å². The van der Waals surface area contributed by atoms with Crippen LogP contribution in [0.2, 0.25) is 0 Å². The van der Waals surface area contributed by atoms with Gasteiger partial charge in [0, 0.05) is 18.1 Å². The number of benzene rings is 1. The van der Waals surface area contributed by atoms with Crippen molar-refractivity contribution in [2.24, 2.45) is 5.10 Å². The van der Waals surface area contributed by atoms with Crippen LogP contribution in [-0.4, -0.2) is 39.7 Å². The van der Waals surface area contributed by atoms with Crippen LogP contribution >= 0.6 is 12.2 Å². The fraction of sp³-hybridized carbons (Fsp3) is 0.438. The Bertz CT molecular complexity index is 859. The Balaban J connectivity index is 2.43. The molecule has 0 radical (unpaired) electrons. The van der Waals surface area contributed by atoms with Crippen molar-refractivity contribution in [3.63, 3.8) is 0 Å². The molecular formula is C16H21N5O4S. The monoisotopic (exact) mass is 379 g/mol. The van der Waals surface area contributed by atoms with Gasteiger partial charge in [0.15, 0.2) is 11.6 Å². The normalized spacial score (nSPS) is 11.0. The number of nitrogens with one attached hydrogen (secondary N) is 1. The average Bonchev–Trinajstić information content (AvgIpc) is 2.97. The summed E-state index contributed by atoms with van der Waals surface area (Å²) in [7, 11) is 1.36. The van der Waals surface area contributed by atoms with E-state index < -0.39 is 4.92 Å². The Morgan fingerprint density at radius 2 is 2.23 bits per heavy atom. The molecule has 0 unspecified atom stereocenters. The zero-order chi connectivity index (χ0) is 19.1. The maximum Gasteiger partial charge on any atom is 0.315 e. The second kappa shape index (κ2) is 9.09. The fourth-order valence-electron chi connectivity index (χ4n) is 2.35. The Kier molecular flexibility index (Phi) is 6.84. The molecule has 1 aromatic heterocycles. The van der Waals surface area contributed by atoms with Gasteiger partial charge >= 0.3 is 5.69 Å². The predicted octanol–water partition coefficient (Wildman–Crippen LogP) is 3.48. The van der Waals surface area contributed by atoms with Crippen molar-refractivity contribution in [1.29, 1.82) is 0 Å². The summed E-state index contributed by atoms with van der Waals surface area (Å²) in [5.74, 6) is 1.08. The maximum absolute atomic E-state index is 11.3. The molecule has 0 fully saturated rings. The average molecular weight is 379 g/mol. The summed E-state index contributed by atoms with van der Waals surface area (Å²) in [6.07, 6.45) is 4.19. The number of unbranched alkanes of at least 4 members (excludes halogenated alkanes) is 1. The number of nitro benzene ring substituents is 1. The van der Waals surface area contributed by atoms with E-state index in [-0.39, 0.29) is 17.2 Å². The maximum atomic E-state index is 11.3. The van der Waals surface area contributed by atoms with Crippen LogP contribution in [-0.2, 0) is 6.42 Å². The first-order chi connectivity index (χ1) is 12.5. The van der Waals surface area contributed by atoms with Gasteiger partial charge in [-0.15, -0.1) is 0 Å². The molecule has 1 heterocycles. The SMILES string of the molecule is CCCCc1n[nH]c(=S)n1/N=C\c1cc(OCC)c(OC)c([N+](=O)[O-])c1. The van der Waals surface area contributed by atoms with E-state index in [4.69, 9.17) is 21.7 Å². The van der Waals surface area contributed by atoms with Gasteiger partial charge in [0.05, 0.1) is 24.9 Å². The Morgan fingerprint density at radius 1 is 1.46 bits per heavy atom. The Labute approximate surface area is 155 Å². The van der Waals surface area contributed by atoms with Gasteiger partial charge in [0.2, 0.25) is 10.5 Å². The standard InChI is InChI=1S/C16H21N5O4S/c1-4-6-7-14-18-19-16(26)20(14)17-10-11-8-12(21(22)23)15(24-3)13(9-11)25-5-2/h8-10H,4-7H2,1-3H3,(H,19,26)/b17-10-. The molecule has 0 spiro atoms. The molecule has 0 bridgehead atoms. The minimum absolute atomic E-state index is 0.0811. The molecule has 0 saturated carbocycles. The number of aryl methyl sites for hydroxylation is 1. The summed E-state index contributed by atoms with van der Waals surface area (Å²) in [4.78, 5) is 10.8. The first-order valence-electron chi connectivity index (χ1n) is 8.21. The number of H-pyrrole nitrogens is 1. The minimum atomic E-state index is -0.519. The first-order valence-corrected chi connectivity index (χ1v) is 8.62. The third-order valence-corrected chi connectivity index (χ3v) is 3.82. The molecule has 0 atom stereocenters. The second-order valence-corrected chi connectivity index (χ2v) is 5.75. The van der Waals surface area contributed by atoms with Crippen LogP contribution in [0.4, 0.5) is 5.69 Å². The lowest BCUT2D eigenvalue weighted by atomic mass is 10.2.